The topological polar surface area (TPSA) is 87.2 Å². The Kier molecular flexibility index (Phi) is 7.59. The van der Waals surface area contributed by atoms with Crippen molar-refractivity contribution in [3.8, 4) is 0 Å². The number of carbonyl (C=O) groups excluding carboxylic acids is 2. The van der Waals surface area contributed by atoms with Crippen molar-refractivity contribution in [3.63, 3.8) is 0 Å². The molecule has 3 rings (SSSR count). The molecular weight excluding hydrogens is 418 g/mol. The number of hydrogen-bond donors (Lipinski definition) is 0. The second kappa shape index (κ2) is 9.99. The number of rotatable bonds is 7. The third-order valence-electron chi connectivity index (χ3n) is 6.26. The highest BCUT2D eigenvalue weighted by atomic mass is 32.2. The lowest BCUT2D eigenvalue weighted by atomic mass is 9.94. The molecule has 1 amide bonds. The standard InChI is InChI=1S/C22H33N3O5S/c1-23(2)31(28,29)18-11-12-20(25-13-7-8-14-25)19(15-18)22(27)30-16-21(26)24(3)17-9-5-4-6-10-17/h11-12,15,17H,4-10,13-14,16H2,1-3H3. The fourth-order valence-corrected chi connectivity index (χ4v) is 5.19. The Morgan fingerprint density at radius 1 is 1.03 bits per heavy atom. The Bertz CT molecular complexity index is 904. The lowest BCUT2D eigenvalue weighted by Crippen LogP contribution is -2.40. The average Bonchev–Trinajstić information content (AvgIpc) is 3.31. The molecule has 1 saturated heterocycles. The first-order chi connectivity index (χ1) is 14.7. The van der Waals surface area contributed by atoms with Crippen LogP contribution in [-0.2, 0) is 19.6 Å². The van der Waals surface area contributed by atoms with Gasteiger partial charge in [-0.3, -0.25) is 4.79 Å². The molecule has 2 fully saturated rings. The number of nitrogens with zero attached hydrogens (tertiary/aromatic N) is 3. The van der Waals surface area contributed by atoms with Crippen LogP contribution in [0, 0.1) is 0 Å². The molecular formula is C22H33N3O5S. The number of sulfonamides is 1. The molecule has 1 saturated carbocycles. The highest BCUT2D eigenvalue weighted by Crippen LogP contribution is 2.29. The maximum absolute atomic E-state index is 12.9. The van der Waals surface area contributed by atoms with Crippen LogP contribution in [0.15, 0.2) is 23.1 Å². The smallest absolute Gasteiger partial charge is 0.340 e. The average molecular weight is 452 g/mol. The maximum atomic E-state index is 12.9. The molecule has 0 bridgehead atoms. The number of likely N-dealkylation sites (N-methyl/N-ethyl adjacent to an activating group) is 1. The predicted octanol–water partition coefficient (Wildman–Crippen LogP) is 2.49. The van der Waals surface area contributed by atoms with Crippen LogP contribution in [0.1, 0.15) is 55.3 Å². The molecule has 1 aliphatic heterocycles. The fourth-order valence-electron chi connectivity index (χ4n) is 4.26. The third-order valence-corrected chi connectivity index (χ3v) is 8.07. The first-order valence-corrected chi connectivity index (χ1v) is 12.4. The van der Waals surface area contributed by atoms with Crippen molar-refractivity contribution in [3.05, 3.63) is 23.8 Å². The molecule has 0 N–H and O–H groups in total. The summed E-state index contributed by atoms with van der Waals surface area (Å²) in [6.07, 6.45) is 7.37. The van der Waals surface area contributed by atoms with Gasteiger partial charge in [-0.05, 0) is 43.9 Å². The molecule has 31 heavy (non-hydrogen) atoms. The van der Waals surface area contributed by atoms with Crippen molar-refractivity contribution in [1.82, 2.24) is 9.21 Å². The van der Waals surface area contributed by atoms with Crippen molar-refractivity contribution in [1.29, 1.82) is 0 Å². The molecule has 9 heteroatoms. The van der Waals surface area contributed by atoms with Crippen molar-refractivity contribution in [2.24, 2.45) is 0 Å². The Balaban J connectivity index is 1.78. The van der Waals surface area contributed by atoms with Crippen molar-refractivity contribution in [2.75, 3.05) is 45.7 Å². The van der Waals surface area contributed by atoms with Gasteiger partial charge in [-0.1, -0.05) is 19.3 Å². The number of carbonyl (C=O) groups is 2. The summed E-state index contributed by atoms with van der Waals surface area (Å²) < 4.78 is 31.6. The Hall–Kier alpha value is -2.13. The van der Waals surface area contributed by atoms with E-state index in [1.165, 1.54) is 32.6 Å². The van der Waals surface area contributed by atoms with E-state index in [-0.39, 0.29) is 29.0 Å². The van der Waals surface area contributed by atoms with Crippen LogP contribution < -0.4 is 4.90 Å². The monoisotopic (exact) mass is 451 g/mol. The molecule has 172 valence electrons. The second-order valence-corrected chi connectivity index (χ2v) is 10.7. The number of anilines is 1. The zero-order valence-corrected chi connectivity index (χ0v) is 19.5. The molecule has 0 spiro atoms. The first kappa shape index (κ1) is 23.5. The Morgan fingerprint density at radius 2 is 1.68 bits per heavy atom. The summed E-state index contributed by atoms with van der Waals surface area (Å²) in [7, 11) is 0.947. The van der Waals surface area contributed by atoms with E-state index in [0.717, 1.165) is 55.9 Å². The summed E-state index contributed by atoms with van der Waals surface area (Å²) in [5.41, 5.74) is 0.825. The van der Waals surface area contributed by atoms with Crippen LogP contribution in [0.4, 0.5) is 5.69 Å². The molecule has 1 heterocycles. The number of benzene rings is 1. The largest absolute Gasteiger partial charge is 0.452 e. The summed E-state index contributed by atoms with van der Waals surface area (Å²) >= 11 is 0. The SMILES string of the molecule is CN(C(=O)COC(=O)c1cc(S(=O)(=O)N(C)C)ccc1N1CCCC1)C1CCCCC1. The molecule has 8 nitrogen and oxygen atoms in total. The van der Waals surface area contributed by atoms with Gasteiger partial charge >= 0.3 is 5.97 Å². The molecule has 2 aliphatic rings. The summed E-state index contributed by atoms with van der Waals surface area (Å²) in [5, 5.41) is 0. The van der Waals surface area contributed by atoms with Crippen LogP contribution in [0.25, 0.3) is 0 Å². The van der Waals surface area contributed by atoms with Crippen LogP contribution >= 0.6 is 0 Å². The van der Waals surface area contributed by atoms with E-state index in [9.17, 15) is 18.0 Å². The van der Waals surface area contributed by atoms with E-state index in [0.29, 0.717) is 5.69 Å². The third kappa shape index (κ3) is 5.38. The first-order valence-electron chi connectivity index (χ1n) is 11.0. The van der Waals surface area contributed by atoms with Gasteiger partial charge < -0.3 is 14.5 Å². The quantitative estimate of drug-likeness (QED) is 0.592. The Morgan fingerprint density at radius 3 is 2.29 bits per heavy atom. The lowest BCUT2D eigenvalue weighted by Gasteiger charge is -2.31. The van der Waals surface area contributed by atoms with Gasteiger partial charge in [-0.25, -0.2) is 17.5 Å². The highest BCUT2D eigenvalue weighted by molar-refractivity contribution is 7.89. The molecule has 0 atom stereocenters. The van der Waals surface area contributed by atoms with Gasteiger partial charge in [-0.15, -0.1) is 0 Å². The maximum Gasteiger partial charge on any atom is 0.340 e. The Labute approximate surface area is 185 Å². The fraction of sp³-hybridized carbons (Fsp3) is 0.636. The minimum absolute atomic E-state index is 0.0260. The molecule has 0 radical (unpaired) electrons. The van der Waals surface area contributed by atoms with Gasteiger partial charge in [0, 0.05) is 40.3 Å². The van der Waals surface area contributed by atoms with E-state index in [4.69, 9.17) is 4.74 Å². The van der Waals surface area contributed by atoms with Crippen molar-refractivity contribution < 1.29 is 22.7 Å². The highest BCUT2D eigenvalue weighted by Gasteiger charge is 2.27. The van der Waals surface area contributed by atoms with Gasteiger partial charge in [0.2, 0.25) is 10.0 Å². The van der Waals surface area contributed by atoms with Crippen LogP contribution in [0.5, 0.6) is 0 Å². The number of ether oxygens (including phenoxy) is 1. The van der Waals surface area contributed by atoms with Gasteiger partial charge in [-0.2, -0.15) is 0 Å². The van der Waals surface area contributed by atoms with Gasteiger partial charge in [0.1, 0.15) is 0 Å². The van der Waals surface area contributed by atoms with Crippen LogP contribution in [0.2, 0.25) is 0 Å². The minimum atomic E-state index is -3.70. The zero-order valence-electron chi connectivity index (χ0n) is 18.7. The second-order valence-electron chi connectivity index (χ2n) is 8.53. The van der Waals surface area contributed by atoms with E-state index < -0.39 is 16.0 Å². The van der Waals surface area contributed by atoms with E-state index in [1.807, 2.05) is 0 Å². The summed E-state index contributed by atoms with van der Waals surface area (Å²) in [5.74, 6) is -0.914. The number of esters is 1. The number of amides is 1. The molecule has 1 aliphatic carbocycles. The summed E-state index contributed by atoms with van der Waals surface area (Å²) in [6, 6.07) is 4.73. The molecule has 0 aromatic heterocycles. The van der Waals surface area contributed by atoms with Gasteiger partial charge in [0.15, 0.2) is 6.61 Å². The predicted molar refractivity (Wildman–Crippen MR) is 119 cm³/mol. The minimum Gasteiger partial charge on any atom is -0.452 e. The van der Waals surface area contributed by atoms with E-state index >= 15 is 0 Å². The number of hydrogen-bond acceptors (Lipinski definition) is 6. The lowest BCUT2D eigenvalue weighted by molar-refractivity contribution is -0.135. The van der Waals surface area contributed by atoms with Crippen molar-refractivity contribution in [2.45, 2.75) is 55.9 Å². The van der Waals surface area contributed by atoms with Gasteiger partial charge in [0.05, 0.1) is 16.1 Å². The van der Waals surface area contributed by atoms with Crippen LogP contribution in [0.3, 0.4) is 0 Å². The van der Waals surface area contributed by atoms with Crippen molar-refractivity contribution >= 4 is 27.6 Å². The van der Waals surface area contributed by atoms with Gasteiger partial charge in [0.25, 0.3) is 5.91 Å². The molecule has 1 aromatic carbocycles. The van der Waals surface area contributed by atoms with Crippen LogP contribution in [-0.4, -0.2) is 76.4 Å². The summed E-state index contributed by atoms with van der Waals surface area (Å²) in [4.78, 5) is 29.3. The zero-order chi connectivity index (χ0) is 22.6. The van der Waals surface area contributed by atoms with E-state index in [1.54, 1.807) is 18.0 Å². The normalized spacial score (nSPS) is 17.7. The molecule has 1 aromatic rings. The summed E-state index contributed by atoms with van der Waals surface area (Å²) in [6.45, 7) is 1.24. The van der Waals surface area contributed by atoms with E-state index in [2.05, 4.69) is 4.90 Å². The molecule has 0 unspecified atom stereocenters.